The lowest BCUT2D eigenvalue weighted by molar-refractivity contribution is -0.161. The zero-order valence-corrected chi connectivity index (χ0v) is 63.9. The lowest BCUT2D eigenvalue weighted by Gasteiger charge is -2.21. The first kappa shape index (κ1) is 93.5. The van der Waals surface area contributed by atoms with Gasteiger partial charge in [-0.1, -0.05) is 323 Å². The maximum absolute atomic E-state index is 13.1. The highest BCUT2D eigenvalue weighted by Crippen LogP contribution is 2.45. The minimum atomic E-state index is -4.97. The summed E-state index contributed by atoms with van der Waals surface area (Å²) in [7, 11) is -9.92. The lowest BCUT2D eigenvalue weighted by atomic mass is 10.0. The average Bonchev–Trinajstić information content (AvgIpc) is 1.57. The lowest BCUT2D eigenvalue weighted by Crippen LogP contribution is -2.30. The third kappa shape index (κ3) is 70.0. The quantitative estimate of drug-likeness (QED) is 0.0169. The second-order valence-corrected chi connectivity index (χ2v) is 30.9. The fraction of sp³-hybridized carbons (Fsp3) is 0.896. The van der Waals surface area contributed by atoms with Crippen LogP contribution >= 0.6 is 15.6 Å². The van der Waals surface area contributed by atoms with E-state index in [0.29, 0.717) is 31.6 Å². The molecule has 0 aromatic carbocycles. The summed E-state index contributed by atoms with van der Waals surface area (Å²) in [5.74, 6) is -0.651. The van der Waals surface area contributed by atoms with Crippen LogP contribution in [-0.2, 0) is 65.4 Å². The van der Waals surface area contributed by atoms with Gasteiger partial charge in [0.1, 0.15) is 19.3 Å². The fourth-order valence-electron chi connectivity index (χ4n) is 11.3. The molecule has 0 aliphatic carbocycles. The summed E-state index contributed by atoms with van der Waals surface area (Å²) in [6.45, 7) is 9.48. The Kier molecular flexibility index (Phi) is 66.6. The van der Waals surface area contributed by atoms with E-state index in [-0.39, 0.29) is 25.7 Å². The van der Waals surface area contributed by atoms with E-state index in [4.69, 9.17) is 37.0 Å². The number of hydrogen-bond donors (Lipinski definition) is 3. The largest absolute Gasteiger partial charge is 0.472 e. The molecule has 0 rings (SSSR count). The Labute approximate surface area is 586 Å². The standard InChI is InChI=1S/C77H146O17P2/c1-7-9-11-13-15-17-19-20-25-29-33-36-40-47-53-59-74(79)87-65-72(93-77(82)62-56-50-42-38-34-30-27-24-22-21-23-26-28-32-35-39-45-51-57-69(3)4)67-91-95(83,84)89-63-71(78)64-90-96(85,86)92-68-73(66-88-75(80)60-54-48-44-43-46-52-58-70(5)6)94-76(81)61-55-49-41-37-31-18-16-14-12-10-8-2/h17,19-20,25,69-73,78H,7-16,18,21-24,26-68H2,1-6H3,(H,83,84)(H,85,86)/b19-17-,25-20-/t71-,72-,73-/m1/s1. The predicted octanol–water partition coefficient (Wildman–Crippen LogP) is 22.3. The molecule has 0 saturated heterocycles. The van der Waals surface area contributed by atoms with Gasteiger partial charge in [0, 0.05) is 25.7 Å². The maximum Gasteiger partial charge on any atom is 0.472 e. The number of hydrogen-bond acceptors (Lipinski definition) is 15. The normalized spacial score (nSPS) is 14.2. The van der Waals surface area contributed by atoms with Crippen molar-refractivity contribution in [2.75, 3.05) is 39.6 Å². The molecule has 0 heterocycles. The number of aliphatic hydroxyl groups excluding tert-OH is 1. The molecule has 0 aliphatic rings. The Bertz CT molecular complexity index is 1950. The summed E-state index contributed by atoms with van der Waals surface area (Å²) in [4.78, 5) is 72.7. The van der Waals surface area contributed by atoms with E-state index >= 15 is 0 Å². The SMILES string of the molecule is CCCCCC/C=C\C=C/CCCCCCCC(=O)OC[C@H](COP(=O)(O)OC[C@@H](O)COP(=O)(O)OC[C@@H](COC(=O)CCCCCCCCC(C)C)OC(=O)CCCCCCCCCCCCC)OC(=O)CCCCCCCCCCCCCCCCCCCCC(C)C. The van der Waals surface area contributed by atoms with Crippen molar-refractivity contribution in [3.63, 3.8) is 0 Å². The van der Waals surface area contributed by atoms with Crippen LogP contribution in [0, 0.1) is 11.8 Å². The van der Waals surface area contributed by atoms with Gasteiger partial charge in [-0.05, 0) is 63.2 Å². The maximum atomic E-state index is 13.1. The highest BCUT2D eigenvalue weighted by Gasteiger charge is 2.30. The first-order valence-corrected chi connectivity index (χ1v) is 42.3. The zero-order chi connectivity index (χ0) is 70.7. The van der Waals surface area contributed by atoms with Crippen molar-refractivity contribution in [3.8, 4) is 0 Å². The monoisotopic (exact) mass is 1410 g/mol. The number of allylic oxidation sites excluding steroid dienone is 4. The van der Waals surface area contributed by atoms with Gasteiger partial charge in [-0.3, -0.25) is 37.3 Å². The molecule has 566 valence electrons. The molecule has 0 aromatic rings. The number of ether oxygens (including phenoxy) is 4. The van der Waals surface area contributed by atoms with Gasteiger partial charge in [0.25, 0.3) is 0 Å². The van der Waals surface area contributed by atoms with Gasteiger partial charge in [-0.2, -0.15) is 0 Å². The molecule has 0 fully saturated rings. The van der Waals surface area contributed by atoms with Crippen molar-refractivity contribution in [2.45, 2.75) is 394 Å². The van der Waals surface area contributed by atoms with E-state index in [9.17, 15) is 43.2 Å². The molecular weight excluding hydrogens is 1260 g/mol. The minimum absolute atomic E-state index is 0.101. The van der Waals surface area contributed by atoms with Crippen LogP contribution in [-0.4, -0.2) is 96.7 Å². The molecule has 0 bridgehead atoms. The third-order valence-corrected chi connectivity index (χ3v) is 19.2. The Balaban J connectivity index is 5.23. The molecular formula is C77H146O17P2. The number of rotatable bonds is 74. The molecule has 0 aliphatic heterocycles. The van der Waals surface area contributed by atoms with Crippen molar-refractivity contribution >= 4 is 39.5 Å². The van der Waals surface area contributed by atoms with Crippen LogP contribution in [0.15, 0.2) is 24.3 Å². The summed E-state index contributed by atoms with van der Waals surface area (Å²) >= 11 is 0. The highest BCUT2D eigenvalue weighted by molar-refractivity contribution is 7.47. The molecule has 0 amide bonds. The van der Waals surface area contributed by atoms with Crippen molar-refractivity contribution in [2.24, 2.45) is 11.8 Å². The molecule has 2 unspecified atom stereocenters. The van der Waals surface area contributed by atoms with Crippen molar-refractivity contribution in [1.29, 1.82) is 0 Å². The summed E-state index contributed by atoms with van der Waals surface area (Å²) < 4.78 is 68.4. The van der Waals surface area contributed by atoms with E-state index < -0.39 is 97.5 Å². The molecule has 0 saturated carbocycles. The fourth-order valence-corrected chi connectivity index (χ4v) is 12.9. The van der Waals surface area contributed by atoms with E-state index in [1.807, 2.05) is 0 Å². The number of carbonyl (C=O) groups is 4. The van der Waals surface area contributed by atoms with E-state index in [2.05, 4.69) is 65.8 Å². The summed E-state index contributed by atoms with van der Waals surface area (Å²) in [5.41, 5.74) is 0. The van der Waals surface area contributed by atoms with Crippen LogP contribution in [0.3, 0.4) is 0 Å². The number of carbonyl (C=O) groups excluding carboxylic acids is 4. The Morgan fingerprint density at radius 1 is 0.323 bits per heavy atom. The predicted molar refractivity (Wildman–Crippen MR) is 391 cm³/mol. The average molecular weight is 1410 g/mol. The van der Waals surface area contributed by atoms with Crippen LogP contribution < -0.4 is 0 Å². The van der Waals surface area contributed by atoms with Crippen LogP contribution in [0.1, 0.15) is 375 Å². The summed E-state index contributed by atoms with van der Waals surface area (Å²) in [6, 6.07) is 0. The van der Waals surface area contributed by atoms with Crippen LogP contribution in [0.2, 0.25) is 0 Å². The first-order chi connectivity index (χ1) is 46.4. The van der Waals surface area contributed by atoms with Crippen molar-refractivity contribution in [1.82, 2.24) is 0 Å². The van der Waals surface area contributed by atoms with Gasteiger partial charge in [-0.15, -0.1) is 0 Å². The van der Waals surface area contributed by atoms with Gasteiger partial charge < -0.3 is 33.8 Å². The van der Waals surface area contributed by atoms with Gasteiger partial charge in [0.2, 0.25) is 0 Å². The van der Waals surface area contributed by atoms with Gasteiger partial charge in [0.05, 0.1) is 26.4 Å². The zero-order valence-electron chi connectivity index (χ0n) is 62.2. The number of phosphoric ester groups is 2. The molecule has 0 radical (unpaired) electrons. The Morgan fingerprint density at radius 3 is 0.854 bits per heavy atom. The molecule has 17 nitrogen and oxygen atoms in total. The van der Waals surface area contributed by atoms with Crippen molar-refractivity contribution < 1.29 is 80.2 Å². The Hall–Kier alpha value is -2.46. The van der Waals surface area contributed by atoms with Gasteiger partial charge in [0.15, 0.2) is 12.2 Å². The third-order valence-electron chi connectivity index (χ3n) is 17.3. The highest BCUT2D eigenvalue weighted by atomic mass is 31.2. The smallest absolute Gasteiger partial charge is 0.462 e. The number of unbranched alkanes of at least 4 members (excludes halogenated alkanes) is 41. The van der Waals surface area contributed by atoms with Crippen LogP contribution in [0.5, 0.6) is 0 Å². The Morgan fingerprint density at radius 2 is 0.562 bits per heavy atom. The molecule has 5 atom stereocenters. The van der Waals surface area contributed by atoms with E-state index in [0.717, 1.165) is 121 Å². The van der Waals surface area contributed by atoms with Gasteiger partial charge >= 0.3 is 39.5 Å². The summed E-state index contributed by atoms with van der Waals surface area (Å²) in [6.07, 6.45) is 59.3. The number of esters is 4. The number of phosphoric acid groups is 2. The van der Waals surface area contributed by atoms with Crippen molar-refractivity contribution in [3.05, 3.63) is 24.3 Å². The van der Waals surface area contributed by atoms with Crippen LogP contribution in [0.4, 0.5) is 0 Å². The number of aliphatic hydroxyl groups is 1. The molecule has 19 heteroatoms. The van der Waals surface area contributed by atoms with E-state index in [1.165, 1.54) is 167 Å². The molecule has 0 aromatic heterocycles. The van der Waals surface area contributed by atoms with Gasteiger partial charge in [-0.25, -0.2) is 9.13 Å². The second kappa shape index (κ2) is 68.3. The second-order valence-electron chi connectivity index (χ2n) is 28.0. The topological polar surface area (TPSA) is 237 Å². The molecule has 3 N–H and O–H groups in total. The molecule has 0 spiro atoms. The van der Waals surface area contributed by atoms with Crippen LogP contribution in [0.25, 0.3) is 0 Å². The summed E-state index contributed by atoms with van der Waals surface area (Å²) in [5, 5.41) is 10.6. The minimum Gasteiger partial charge on any atom is -0.462 e. The van der Waals surface area contributed by atoms with E-state index in [1.54, 1.807) is 0 Å². The molecule has 96 heavy (non-hydrogen) atoms. The first-order valence-electron chi connectivity index (χ1n) is 39.3.